The van der Waals surface area contributed by atoms with E-state index < -0.39 is 0 Å². The standard InChI is InChI=1S/C17H20N2O3/c1-3-11(17(20)22-2)10-8-14-16(15(9-10)19-21)12-6-4-5-7-13(12)18-14/h4-7,10-11,18,21H,3,8-9H2,1-2H3/b19-15+. The van der Waals surface area contributed by atoms with Crippen molar-refractivity contribution >= 4 is 22.6 Å². The Labute approximate surface area is 129 Å². The van der Waals surface area contributed by atoms with Gasteiger partial charge in [0.15, 0.2) is 0 Å². The second-order valence-electron chi connectivity index (χ2n) is 5.78. The molecule has 0 fully saturated rings. The van der Waals surface area contributed by atoms with E-state index in [1.165, 1.54) is 7.11 Å². The third-order valence-electron chi connectivity index (χ3n) is 4.63. The van der Waals surface area contributed by atoms with Crippen molar-refractivity contribution in [3.05, 3.63) is 35.5 Å². The highest BCUT2D eigenvalue weighted by atomic mass is 16.5. The molecule has 1 aliphatic rings. The Kier molecular flexibility index (Phi) is 3.88. The summed E-state index contributed by atoms with van der Waals surface area (Å²) >= 11 is 0. The number of nitrogens with one attached hydrogen (secondary N) is 1. The van der Waals surface area contributed by atoms with Gasteiger partial charge in [-0.25, -0.2) is 0 Å². The number of aromatic amines is 1. The van der Waals surface area contributed by atoms with E-state index in [0.717, 1.165) is 28.6 Å². The third-order valence-corrected chi connectivity index (χ3v) is 4.63. The molecule has 0 saturated heterocycles. The van der Waals surface area contributed by atoms with Crippen LogP contribution in [0.15, 0.2) is 29.4 Å². The molecular weight excluding hydrogens is 280 g/mol. The van der Waals surface area contributed by atoms with Gasteiger partial charge >= 0.3 is 5.97 Å². The number of para-hydroxylation sites is 1. The molecule has 0 amide bonds. The van der Waals surface area contributed by atoms with E-state index in [4.69, 9.17) is 4.74 Å². The predicted octanol–water partition coefficient (Wildman–Crippen LogP) is 3.11. The van der Waals surface area contributed by atoms with Crippen LogP contribution in [0.5, 0.6) is 0 Å². The van der Waals surface area contributed by atoms with Gasteiger partial charge in [-0.2, -0.15) is 0 Å². The van der Waals surface area contributed by atoms with Crippen molar-refractivity contribution in [3.63, 3.8) is 0 Å². The molecule has 5 nitrogen and oxygen atoms in total. The van der Waals surface area contributed by atoms with Crippen molar-refractivity contribution in [2.45, 2.75) is 26.2 Å². The number of esters is 1. The van der Waals surface area contributed by atoms with Crippen LogP contribution < -0.4 is 0 Å². The number of ether oxygens (including phenoxy) is 1. The molecule has 0 saturated carbocycles. The Morgan fingerprint density at radius 2 is 2.23 bits per heavy atom. The van der Waals surface area contributed by atoms with Gasteiger partial charge in [0.05, 0.1) is 18.7 Å². The van der Waals surface area contributed by atoms with Crippen molar-refractivity contribution in [1.82, 2.24) is 4.98 Å². The van der Waals surface area contributed by atoms with Gasteiger partial charge in [0.25, 0.3) is 0 Å². The van der Waals surface area contributed by atoms with Crippen LogP contribution in [0.25, 0.3) is 10.9 Å². The lowest BCUT2D eigenvalue weighted by molar-refractivity contribution is -0.147. The van der Waals surface area contributed by atoms with Gasteiger partial charge in [0.1, 0.15) is 0 Å². The average molecular weight is 300 g/mol. The number of oxime groups is 1. The molecule has 1 heterocycles. The first kappa shape index (κ1) is 14.6. The van der Waals surface area contributed by atoms with Crippen LogP contribution in [0.4, 0.5) is 0 Å². The topological polar surface area (TPSA) is 74.7 Å². The number of hydrogen-bond donors (Lipinski definition) is 2. The molecule has 0 radical (unpaired) electrons. The fourth-order valence-electron chi connectivity index (χ4n) is 3.58. The van der Waals surface area contributed by atoms with E-state index >= 15 is 0 Å². The zero-order chi connectivity index (χ0) is 15.7. The first-order valence-electron chi connectivity index (χ1n) is 7.58. The summed E-state index contributed by atoms with van der Waals surface area (Å²) in [7, 11) is 1.42. The van der Waals surface area contributed by atoms with Crippen molar-refractivity contribution in [3.8, 4) is 0 Å². The number of fused-ring (bicyclic) bond motifs is 3. The number of aromatic nitrogens is 1. The molecule has 3 rings (SSSR count). The minimum atomic E-state index is -0.190. The van der Waals surface area contributed by atoms with Crippen molar-refractivity contribution in [1.29, 1.82) is 0 Å². The number of hydrogen-bond acceptors (Lipinski definition) is 4. The lowest BCUT2D eigenvalue weighted by atomic mass is 9.77. The summed E-state index contributed by atoms with van der Waals surface area (Å²) in [6.45, 7) is 1.98. The van der Waals surface area contributed by atoms with Crippen LogP contribution in [0.3, 0.4) is 0 Å². The zero-order valence-corrected chi connectivity index (χ0v) is 12.8. The summed E-state index contributed by atoms with van der Waals surface area (Å²) in [5.41, 5.74) is 3.69. The summed E-state index contributed by atoms with van der Waals surface area (Å²) in [5, 5.41) is 14.0. The van der Waals surface area contributed by atoms with E-state index in [9.17, 15) is 10.0 Å². The molecular formula is C17H20N2O3. The number of carbonyl (C=O) groups is 1. The normalized spacial score (nSPS) is 20.8. The summed E-state index contributed by atoms with van der Waals surface area (Å²) in [6.07, 6.45) is 2.06. The molecule has 2 unspecified atom stereocenters. The minimum absolute atomic E-state index is 0.0870. The quantitative estimate of drug-likeness (QED) is 0.519. The molecule has 2 atom stereocenters. The smallest absolute Gasteiger partial charge is 0.308 e. The van der Waals surface area contributed by atoms with Gasteiger partial charge < -0.3 is 14.9 Å². The maximum atomic E-state index is 12.0. The number of H-pyrrole nitrogens is 1. The number of carbonyl (C=O) groups excluding carboxylic acids is 1. The molecule has 2 N–H and O–H groups in total. The Hall–Kier alpha value is -2.30. The monoisotopic (exact) mass is 300 g/mol. The summed E-state index contributed by atoms with van der Waals surface area (Å²) in [6, 6.07) is 7.98. The highest BCUT2D eigenvalue weighted by molar-refractivity contribution is 6.12. The Bertz CT molecular complexity index is 733. The lowest BCUT2D eigenvalue weighted by Crippen LogP contribution is -2.31. The van der Waals surface area contributed by atoms with Crippen LogP contribution in [-0.2, 0) is 16.0 Å². The Balaban J connectivity index is 2.04. The predicted molar refractivity (Wildman–Crippen MR) is 84.2 cm³/mol. The first-order valence-corrected chi connectivity index (χ1v) is 7.58. The van der Waals surface area contributed by atoms with Gasteiger partial charge in [-0.1, -0.05) is 30.3 Å². The van der Waals surface area contributed by atoms with Crippen LogP contribution in [0.1, 0.15) is 31.0 Å². The molecule has 1 aliphatic carbocycles. The van der Waals surface area contributed by atoms with E-state index in [0.29, 0.717) is 18.6 Å². The van der Waals surface area contributed by atoms with Gasteiger partial charge in [-0.3, -0.25) is 4.79 Å². The lowest BCUT2D eigenvalue weighted by Gasteiger charge is -2.28. The van der Waals surface area contributed by atoms with Crippen LogP contribution in [0.2, 0.25) is 0 Å². The summed E-state index contributed by atoms with van der Waals surface area (Å²) in [4.78, 5) is 15.4. The minimum Gasteiger partial charge on any atom is -0.469 e. The molecule has 2 aromatic rings. The van der Waals surface area contributed by atoms with Crippen LogP contribution >= 0.6 is 0 Å². The maximum absolute atomic E-state index is 12.0. The molecule has 22 heavy (non-hydrogen) atoms. The van der Waals surface area contributed by atoms with Crippen LogP contribution in [-0.4, -0.2) is 29.0 Å². The molecule has 0 bridgehead atoms. The highest BCUT2D eigenvalue weighted by Crippen LogP contribution is 2.36. The highest BCUT2D eigenvalue weighted by Gasteiger charge is 2.35. The van der Waals surface area contributed by atoms with E-state index in [1.54, 1.807) is 0 Å². The fourth-order valence-corrected chi connectivity index (χ4v) is 3.58. The van der Waals surface area contributed by atoms with Crippen molar-refractivity contribution in [2.24, 2.45) is 17.0 Å². The van der Waals surface area contributed by atoms with Gasteiger partial charge in [0, 0.05) is 22.2 Å². The van der Waals surface area contributed by atoms with E-state index in [-0.39, 0.29) is 17.8 Å². The molecule has 5 heteroatoms. The van der Waals surface area contributed by atoms with E-state index in [2.05, 4.69) is 10.1 Å². The maximum Gasteiger partial charge on any atom is 0.308 e. The molecule has 1 aromatic carbocycles. The second kappa shape index (κ2) is 5.83. The Morgan fingerprint density at radius 1 is 1.45 bits per heavy atom. The van der Waals surface area contributed by atoms with Gasteiger partial charge in [0.2, 0.25) is 0 Å². The molecule has 1 aromatic heterocycles. The Morgan fingerprint density at radius 3 is 2.91 bits per heavy atom. The number of rotatable bonds is 3. The molecule has 0 aliphatic heterocycles. The summed E-state index contributed by atoms with van der Waals surface area (Å²) in [5.74, 6) is -0.283. The van der Waals surface area contributed by atoms with Crippen LogP contribution in [0, 0.1) is 11.8 Å². The van der Waals surface area contributed by atoms with Gasteiger partial charge in [-0.15, -0.1) is 0 Å². The van der Waals surface area contributed by atoms with E-state index in [1.807, 2.05) is 31.2 Å². The average Bonchev–Trinajstić information content (AvgIpc) is 2.93. The number of benzene rings is 1. The van der Waals surface area contributed by atoms with Crippen molar-refractivity contribution < 1.29 is 14.7 Å². The third kappa shape index (κ3) is 2.26. The second-order valence-corrected chi connectivity index (χ2v) is 5.78. The molecule has 0 spiro atoms. The SMILES string of the molecule is CCC(C(=O)OC)C1C/C(=N\O)c2c([nH]c3ccccc23)C1. The fraction of sp³-hybridized carbons (Fsp3) is 0.412. The number of nitrogens with zero attached hydrogens (tertiary/aromatic N) is 1. The number of methoxy groups -OCH3 is 1. The van der Waals surface area contributed by atoms with Crippen molar-refractivity contribution in [2.75, 3.05) is 7.11 Å². The first-order chi connectivity index (χ1) is 10.7. The largest absolute Gasteiger partial charge is 0.469 e. The van der Waals surface area contributed by atoms with Gasteiger partial charge in [-0.05, 0) is 31.2 Å². The molecule has 116 valence electrons. The summed E-state index contributed by atoms with van der Waals surface area (Å²) < 4.78 is 4.92. The zero-order valence-electron chi connectivity index (χ0n) is 12.8.